The van der Waals surface area contributed by atoms with Crippen LogP contribution in [0.25, 0.3) is 33.3 Å². The summed E-state index contributed by atoms with van der Waals surface area (Å²) >= 11 is 6.39. The van der Waals surface area contributed by atoms with E-state index >= 15 is 0 Å². The molecule has 2 heterocycles. The second-order valence-electron chi connectivity index (χ2n) is 7.73. The molecule has 2 aromatic carbocycles. The van der Waals surface area contributed by atoms with E-state index in [-0.39, 0.29) is 15.5 Å². The van der Waals surface area contributed by atoms with Gasteiger partial charge < -0.3 is 10.3 Å². The monoisotopic (exact) mass is 482 g/mol. The molecule has 4 rings (SSSR count). The lowest BCUT2D eigenvalue weighted by Gasteiger charge is -2.14. The van der Waals surface area contributed by atoms with Crippen molar-refractivity contribution in [1.29, 1.82) is 0 Å². The topological polar surface area (TPSA) is 125 Å². The molecule has 0 fully saturated rings. The zero-order valence-corrected chi connectivity index (χ0v) is 19.5. The number of nitrogens with two attached hydrogens (primary N) is 1. The summed E-state index contributed by atoms with van der Waals surface area (Å²) in [6.45, 7) is 1.84. The molecular weight excluding hydrogens is 464 g/mol. The second-order valence-corrected chi connectivity index (χ2v) is 10.2. The van der Waals surface area contributed by atoms with Gasteiger partial charge in [0.2, 0.25) is 5.91 Å². The largest absolute Gasteiger partial charge is 0.366 e. The predicted molar refractivity (Wildman–Crippen MR) is 127 cm³/mol. The lowest BCUT2D eigenvalue weighted by molar-refractivity contribution is 0.100. The van der Waals surface area contributed by atoms with Gasteiger partial charge in [-0.1, -0.05) is 17.7 Å². The van der Waals surface area contributed by atoms with Gasteiger partial charge in [-0.3, -0.25) is 9.59 Å². The van der Waals surface area contributed by atoms with Gasteiger partial charge in [0, 0.05) is 35.4 Å². The van der Waals surface area contributed by atoms with Crippen LogP contribution in [0.3, 0.4) is 0 Å². The number of benzene rings is 2. The van der Waals surface area contributed by atoms with Gasteiger partial charge in [-0.25, -0.2) is 8.42 Å². The fourth-order valence-corrected chi connectivity index (χ4v) is 4.69. The van der Waals surface area contributed by atoms with Crippen molar-refractivity contribution >= 4 is 38.2 Å². The Kier molecular flexibility index (Phi) is 5.55. The normalized spacial score (nSPS) is 11.6. The number of nitrogens with zero attached hydrogens (tertiary/aromatic N) is 3. The van der Waals surface area contributed by atoms with E-state index in [0.717, 1.165) is 11.8 Å². The van der Waals surface area contributed by atoms with E-state index in [9.17, 15) is 18.0 Å². The molecule has 0 bridgehead atoms. The number of sulfone groups is 1. The number of rotatable bonds is 4. The number of aromatic nitrogens is 3. The first-order valence-electron chi connectivity index (χ1n) is 9.75. The highest BCUT2D eigenvalue weighted by Crippen LogP contribution is 2.33. The fraction of sp³-hybridized carbons (Fsp3) is 0.130. The van der Waals surface area contributed by atoms with Crippen molar-refractivity contribution in [3.63, 3.8) is 0 Å². The van der Waals surface area contributed by atoms with Gasteiger partial charge in [0.1, 0.15) is 5.69 Å². The van der Waals surface area contributed by atoms with E-state index in [1.165, 1.54) is 22.9 Å². The summed E-state index contributed by atoms with van der Waals surface area (Å²) in [5, 5.41) is 9.03. The number of fused-ring (bicyclic) bond motifs is 1. The molecule has 0 saturated heterocycles. The van der Waals surface area contributed by atoms with Crippen LogP contribution in [0.5, 0.6) is 0 Å². The molecule has 33 heavy (non-hydrogen) atoms. The van der Waals surface area contributed by atoms with Crippen LogP contribution in [0, 0.1) is 6.92 Å². The third-order valence-electron chi connectivity index (χ3n) is 5.46. The van der Waals surface area contributed by atoms with Crippen LogP contribution in [0.15, 0.2) is 58.4 Å². The minimum Gasteiger partial charge on any atom is -0.366 e. The molecule has 10 heteroatoms. The fourth-order valence-electron chi connectivity index (χ4n) is 3.71. The smallest absolute Gasteiger partial charge is 0.258 e. The molecule has 0 unspecified atom stereocenters. The van der Waals surface area contributed by atoms with Gasteiger partial charge >= 0.3 is 0 Å². The Bertz CT molecular complexity index is 1630. The number of carbonyl (C=O) groups excluding carboxylic acids is 1. The zero-order valence-electron chi connectivity index (χ0n) is 18.0. The average molecular weight is 483 g/mol. The van der Waals surface area contributed by atoms with Crippen LogP contribution in [0.1, 0.15) is 15.9 Å². The molecule has 1 amide bonds. The number of hydrogen-bond acceptors (Lipinski definition) is 6. The zero-order chi connectivity index (χ0) is 24.1. The van der Waals surface area contributed by atoms with Crippen LogP contribution < -0.4 is 11.3 Å². The maximum absolute atomic E-state index is 13.4. The summed E-state index contributed by atoms with van der Waals surface area (Å²) in [6, 6.07) is 10.9. The number of amides is 1. The van der Waals surface area contributed by atoms with E-state index in [0.29, 0.717) is 38.9 Å². The number of halogens is 1. The number of aryl methyl sites for hydroxylation is 2. The van der Waals surface area contributed by atoms with Crippen molar-refractivity contribution in [2.45, 2.75) is 11.8 Å². The third-order valence-corrected chi connectivity index (χ3v) is 6.88. The van der Waals surface area contributed by atoms with Crippen molar-refractivity contribution in [2.24, 2.45) is 12.8 Å². The highest BCUT2D eigenvalue weighted by Gasteiger charge is 2.19. The van der Waals surface area contributed by atoms with Gasteiger partial charge in [-0.2, -0.15) is 5.10 Å². The summed E-state index contributed by atoms with van der Waals surface area (Å²) in [5.74, 6) is -0.589. The van der Waals surface area contributed by atoms with Gasteiger partial charge in [0.05, 0.1) is 21.6 Å². The van der Waals surface area contributed by atoms with Gasteiger partial charge in [-0.05, 0) is 54.4 Å². The Morgan fingerprint density at radius 2 is 1.79 bits per heavy atom. The van der Waals surface area contributed by atoms with Gasteiger partial charge in [0.25, 0.3) is 5.56 Å². The lowest BCUT2D eigenvalue weighted by atomic mass is 9.97. The van der Waals surface area contributed by atoms with Crippen LogP contribution in [-0.4, -0.2) is 35.3 Å². The Hall–Kier alpha value is -3.56. The van der Waals surface area contributed by atoms with E-state index in [2.05, 4.69) is 10.2 Å². The van der Waals surface area contributed by atoms with Crippen LogP contribution in [0.4, 0.5) is 0 Å². The van der Waals surface area contributed by atoms with E-state index in [1.807, 2.05) is 6.92 Å². The summed E-state index contributed by atoms with van der Waals surface area (Å²) in [6.07, 6.45) is 2.62. The van der Waals surface area contributed by atoms with Gasteiger partial charge in [-0.15, -0.1) is 5.10 Å². The minimum atomic E-state index is -3.44. The number of primary amides is 1. The first-order chi connectivity index (χ1) is 15.5. The lowest BCUT2D eigenvalue weighted by Crippen LogP contribution is -2.20. The predicted octanol–water partition coefficient (Wildman–Crippen LogP) is 3.13. The standard InChI is InChI=1S/C23H19ClN4O4S/c1-12-4-5-13(22(25)29)8-17(12)18-9-14-11-26-27-20(21(14)28(2)23(18)30)16-7-6-15(10-19(16)24)33(3,31)32/h4-11H,1-3H3,(H2,25,29). The van der Waals surface area contributed by atoms with Crippen molar-refractivity contribution < 1.29 is 13.2 Å². The van der Waals surface area contributed by atoms with Crippen LogP contribution in [-0.2, 0) is 16.9 Å². The Morgan fingerprint density at radius 3 is 2.42 bits per heavy atom. The Balaban J connectivity index is 1.99. The van der Waals surface area contributed by atoms with Gasteiger partial charge in [0.15, 0.2) is 9.84 Å². The van der Waals surface area contributed by atoms with Crippen LogP contribution in [0.2, 0.25) is 5.02 Å². The molecule has 0 saturated carbocycles. The van der Waals surface area contributed by atoms with Crippen molar-refractivity contribution in [2.75, 3.05) is 6.26 Å². The molecule has 0 spiro atoms. The molecule has 2 N–H and O–H groups in total. The van der Waals surface area contributed by atoms with Crippen molar-refractivity contribution in [3.05, 3.63) is 75.2 Å². The summed E-state index contributed by atoms with van der Waals surface area (Å²) in [7, 11) is -1.84. The molecule has 0 aliphatic heterocycles. The first-order valence-corrected chi connectivity index (χ1v) is 12.0. The van der Waals surface area contributed by atoms with E-state index in [1.54, 1.807) is 37.4 Å². The molecule has 0 aliphatic rings. The molecular formula is C23H19ClN4O4S. The molecule has 0 aliphatic carbocycles. The van der Waals surface area contributed by atoms with E-state index in [4.69, 9.17) is 17.3 Å². The number of carbonyl (C=O) groups is 1. The maximum atomic E-state index is 13.4. The molecule has 8 nitrogen and oxygen atoms in total. The highest BCUT2D eigenvalue weighted by molar-refractivity contribution is 7.90. The molecule has 0 radical (unpaired) electrons. The summed E-state index contributed by atoms with van der Waals surface area (Å²) < 4.78 is 25.1. The molecule has 168 valence electrons. The van der Waals surface area contributed by atoms with Crippen LogP contribution >= 0.6 is 11.6 Å². The highest BCUT2D eigenvalue weighted by atomic mass is 35.5. The molecule has 2 aromatic heterocycles. The summed E-state index contributed by atoms with van der Waals surface area (Å²) in [5.41, 5.74) is 8.43. The molecule has 0 atom stereocenters. The first kappa shape index (κ1) is 22.6. The SMILES string of the molecule is Cc1ccc(C(N)=O)cc1-c1cc2cnnc(-c3ccc(S(C)(=O)=O)cc3Cl)c2n(C)c1=O. The van der Waals surface area contributed by atoms with E-state index < -0.39 is 15.7 Å². The van der Waals surface area contributed by atoms with Crippen molar-refractivity contribution in [3.8, 4) is 22.4 Å². The summed E-state index contributed by atoms with van der Waals surface area (Å²) in [4.78, 5) is 25.1. The Morgan fingerprint density at radius 1 is 1.06 bits per heavy atom. The maximum Gasteiger partial charge on any atom is 0.258 e. The number of hydrogen-bond donors (Lipinski definition) is 1. The second kappa shape index (κ2) is 8.09. The average Bonchev–Trinajstić information content (AvgIpc) is 2.75. The number of pyridine rings is 1. The Labute approximate surface area is 194 Å². The quantitative estimate of drug-likeness (QED) is 0.476. The molecule has 4 aromatic rings. The minimum absolute atomic E-state index is 0.0745. The van der Waals surface area contributed by atoms with Crippen molar-refractivity contribution in [1.82, 2.24) is 14.8 Å². The third kappa shape index (κ3) is 4.01.